The number of hydrogen-bond acceptors (Lipinski definition) is 6. The molecule has 1 aliphatic rings. The van der Waals surface area contributed by atoms with Crippen molar-refractivity contribution in [1.29, 1.82) is 0 Å². The summed E-state index contributed by atoms with van der Waals surface area (Å²) >= 11 is 0. The summed E-state index contributed by atoms with van der Waals surface area (Å²) in [7, 11) is 0. The second kappa shape index (κ2) is 6.98. The number of imidazole rings is 1. The summed E-state index contributed by atoms with van der Waals surface area (Å²) in [4.78, 5) is 33.2. The highest BCUT2D eigenvalue weighted by Crippen LogP contribution is 2.30. The Balaban J connectivity index is 1.37. The van der Waals surface area contributed by atoms with Gasteiger partial charge in [0, 0.05) is 35.6 Å². The van der Waals surface area contributed by atoms with Crippen molar-refractivity contribution in [3.8, 4) is 22.6 Å². The maximum absolute atomic E-state index is 12.3. The van der Waals surface area contributed by atoms with E-state index in [1.165, 1.54) is 0 Å². The molecule has 0 bridgehead atoms. The molecule has 0 spiro atoms. The number of nitrogens with one attached hydrogen (secondary N) is 3. The van der Waals surface area contributed by atoms with Crippen LogP contribution >= 0.6 is 0 Å². The van der Waals surface area contributed by atoms with Crippen molar-refractivity contribution < 1.29 is 4.79 Å². The van der Waals surface area contributed by atoms with Gasteiger partial charge < -0.3 is 10.3 Å². The van der Waals surface area contributed by atoms with Crippen LogP contribution in [0.4, 0.5) is 5.69 Å². The van der Waals surface area contributed by atoms with Crippen molar-refractivity contribution in [3.63, 3.8) is 0 Å². The zero-order valence-electron chi connectivity index (χ0n) is 16.5. The third-order valence-corrected chi connectivity index (χ3v) is 5.71. The number of anilines is 1. The van der Waals surface area contributed by atoms with E-state index >= 15 is 0 Å². The highest BCUT2D eigenvalue weighted by atomic mass is 16.1. The summed E-state index contributed by atoms with van der Waals surface area (Å²) < 4.78 is 0. The Morgan fingerprint density at radius 3 is 2.81 bits per heavy atom. The van der Waals surface area contributed by atoms with Crippen LogP contribution in [-0.2, 0) is 4.79 Å². The van der Waals surface area contributed by atoms with E-state index in [4.69, 9.17) is 0 Å². The molecule has 6 rings (SSSR count). The van der Waals surface area contributed by atoms with Crippen LogP contribution < -0.4 is 5.32 Å². The monoisotopic (exact) mass is 410 g/mol. The van der Waals surface area contributed by atoms with Crippen molar-refractivity contribution in [2.45, 2.75) is 19.3 Å². The van der Waals surface area contributed by atoms with Crippen molar-refractivity contribution >= 4 is 33.8 Å². The standard InChI is InChI=1S/C22H18N8O/c31-22(12-3-1-4-12)26-15-7-13(9-23-11-15)14-8-16-18(29-30-19(16)25-10-14)21-27-17-5-2-6-24-20(17)28-21/h2,5-12H,1,3-4H2,(H,26,31)(H,24,27,28)(H,25,29,30). The minimum atomic E-state index is 0.0643. The number of rotatable bonds is 4. The zero-order chi connectivity index (χ0) is 20.8. The van der Waals surface area contributed by atoms with Crippen LogP contribution in [-0.4, -0.2) is 41.0 Å². The molecular weight excluding hydrogens is 392 g/mol. The molecule has 5 heterocycles. The molecule has 0 unspecified atom stereocenters. The van der Waals surface area contributed by atoms with Gasteiger partial charge in [-0.05, 0) is 37.1 Å². The molecule has 5 aromatic rings. The van der Waals surface area contributed by atoms with Gasteiger partial charge in [-0.2, -0.15) is 5.10 Å². The van der Waals surface area contributed by atoms with Gasteiger partial charge in [0.15, 0.2) is 17.1 Å². The molecule has 0 saturated heterocycles. The predicted molar refractivity (Wildman–Crippen MR) is 116 cm³/mol. The minimum Gasteiger partial charge on any atom is -0.324 e. The van der Waals surface area contributed by atoms with Gasteiger partial charge in [-0.25, -0.2) is 15.0 Å². The van der Waals surface area contributed by atoms with Gasteiger partial charge in [-0.3, -0.25) is 14.9 Å². The number of H-pyrrole nitrogens is 2. The van der Waals surface area contributed by atoms with Crippen molar-refractivity contribution in [2.24, 2.45) is 5.92 Å². The fraction of sp³-hybridized carbons (Fsp3) is 0.182. The number of carbonyl (C=O) groups is 1. The first kappa shape index (κ1) is 17.7. The largest absolute Gasteiger partial charge is 0.324 e. The maximum Gasteiger partial charge on any atom is 0.227 e. The topological polar surface area (TPSA) is 125 Å². The summed E-state index contributed by atoms with van der Waals surface area (Å²) in [6.45, 7) is 0. The number of fused-ring (bicyclic) bond motifs is 2. The van der Waals surface area contributed by atoms with Crippen LogP contribution in [0.1, 0.15) is 19.3 Å². The Kier molecular flexibility index (Phi) is 3.98. The van der Waals surface area contributed by atoms with Gasteiger partial charge in [0.2, 0.25) is 5.91 Å². The summed E-state index contributed by atoms with van der Waals surface area (Å²) in [5.41, 5.74) is 5.23. The van der Waals surface area contributed by atoms with Gasteiger partial charge >= 0.3 is 0 Å². The Labute approximate surface area is 176 Å². The molecule has 1 fully saturated rings. The first-order valence-electron chi connectivity index (χ1n) is 10.2. The third-order valence-electron chi connectivity index (χ3n) is 5.71. The van der Waals surface area contributed by atoms with Crippen molar-refractivity contribution in [1.82, 2.24) is 35.1 Å². The Morgan fingerprint density at radius 2 is 1.97 bits per heavy atom. The van der Waals surface area contributed by atoms with Gasteiger partial charge in [0.25, 0.3) is 0 Å². The number of carbonyl (C=O) groups excluding carboxylic acids is 1. The van der Waals surface area contributed by atoms with E-state index in [1.807, 2.05) is 24.3 Å². The molecule has 0 aliphatic heterocycles. The maximum atomic E-state index is 12.3. The van der Waals surface area contributed by atoms with E-state index < -0.39 is 0 Å². The molecule has 9 heteroatoms. The van der Waals surface area contributed by atoms with Crippen LogP contribution in [0.5, 0.6) is 0 Å². The SMILES string of the molecule is O=C(Nc1cncc(-c2cnc3[nH]nc(-c4nc5cccnc5[nH]4)c3c2)c1)C1CCC1. The zero-order valence-corrected chi connectivity index (χ0v) is 16.5. The summed E-state index contributed by atoms with van der Waals surface area (Å²) in [5, 5.41) is 11.2. The van der Waals surface area contributed by atoms with Crippen LogP contribution in [0, 0.1) is 5.92 Å². The molecule has 0 radical (unpaired) electrons. The van der Waals surface area contributed by atoms with E-state index in [1.54, 1.807) is 24.8 Å². The highest BCUT2D eigenvalue weighted by molar-refractivity contribution is 5.95. The average Bonchev–Trinajstić information content (AvgIpc) is 3.36. The minimum absolute atomic E-state index is 0.0643. The summed E-state index contributed by atoms with van der Waals surface area (Å²) in [5.74, 6) is 0.807. The normalized spacial score (nSPS) is 14.1. The lowest BCUT2D eigenvalue weighted by Gasteiger charge is -2.24. The molecule has 31 heavy (non-hydrogen) atoms. The van der Waals surface area contributed by atoms with Gasteiger partial charge in [0.1, 0.15) is 11.2 Å². The van der Waals surface area contributed by atoms with E-state index in [-0.39, 0.29) is 11.8 Å². The summed E-state index contributed by atoms with van der Waals surface area (Å²) in [6, 6.07) is 7.66. The molecule has 0 aromatic carbocycles. The fourth-order valence-electron chi connectivity index (χ4n) is 3.78. The predicted octanol–water partition coefficient (Wildman–Crippen LogP) is 3.70. The van der Waals surface area contributed by atoms with Crippen molar-refractivity contribution in [3.05, 3.63) is 49.1 Å². The summed E-state index contributed by atoms with van der Waals surface area (Å²) in [6.07, 6.45) is 9.94. The number of pyridine rings is 3. The second-order valence-electron chi connectivity index (χ2n) is 7.73. The molecule has 9 nitrogen and oxygen atoms in total. The third kappa shape index (κ3) is 3.10. The molecule has 152 valence electrons. The Morgan fingerprint density at radius 1 is 1.06 bits per heavy atom. The lowest BCUT2D eigenvalue weighted by Crippen LogP contribution is -2.28. The smallest absolute Gasteiger partial charge is 0.227 e. The quantitative estimate of drug-likeness (QED) is 0.415. The van der Waals surface area contributed by atoms with Crippen LogP contribution in [0.15, 0.2) is 49.1 Å². The molecule has 1 aliphatic carbocycles. The highest BCUT2D eigenvalue weighted by Gasteiger charge is 2.25. The van der Waals surface area contributed by atoms with Gasteiger partial charge in [-0.15, -0.1) is 0 Å². The molecule has 3 N–H and O–H groups in total. The average molecular weight is 410 g/mol. The lowest BCUT2D eigenvalue weighted by atomic mass is 9.85. The number of aromatic nitrogens is 7. The number of aromatic amines is 2. The Hall–Kier alpha value is -4.14. The first-order valence-corrected chi connectivity index (χ1v) is 10.2. The fourth-order valence-corrected chi connectivity index (χ4v) is 3.78. The first-order chi connectivity index (χ1) is 15.2. The molecule has 5 aromatic heterocycles. The Bertz CT molecular complexity index is 1400. The second-order valence-corrected chi connectivity index (χ2v) is 7.73. The van der Waals surface area contributed by atoms with Gasteiger partial charge in [0.05, 0.1) is 17.3 Å². The van der Waals surface area contributed by atoms with Crippen molar-refractivity contribution in [2.75, 3.05) is 5.32 Å². The molecule has 1 saturated carbocycles. The molecule has 0 atom stereocenters. The van der Waals surface area contributed by atoms with Crippen LogP contribution in [0.3, 0.4) is 0 Å². The van der Waals surface area contributed by atoms with E-state index in [9.17, 15) is 4.79 Å². The van der Waals surface area contributed by atoms with Crippen LogP contribution in [0.25, 0.3) is 44.8 Å². The molecule has 1 amide bonds. The van der Waals surface area contributed by atoms with E-state index in [0.717, 1.165) is 41.3 Å². The van der Waals surface area contributed by atoms with E-state index in [0.29, 0.717) is 28.5 Å². The van der Waals surface area contributed by atoms with Crippen LogP contribution in [0.2, 0.25) is 0 Å². The molecular formula is C22H18N8O. The van der Waals surface area contributed by atoms with Gasteiger partial charge in [-0.1, -0.05) is 6.42 Å². The number of amides is 1. The number of nitrogens with zero attached hydrogens (tertiary/aromatic N) is 5. The number of hydrogen-bond donors (Lipinski definition) is 3. The lowest BCUT2D eigenvalue weighted by molar-refractivity contribution is -0.122. The van der Waals surface area contributed by atoms with E-state index in [2.05, 4.69) is 40.4 Å².